The van der Waals surface area contributed by atoms with Crippen LogP contribution in [0.2, 0.25) is 0 Å². The first-order chi connectivity index (χ1) is 10.1. The Morgan fingerprint density at radius 1 is 1.33 bits per heavy atom. The van der Waals surface area contributed by atoms with E-state index in [0.29, 0.717) is 17.8 Å². The number of hydrogen-bond acceptors (Lipinski definition) is 5. The molecule has 0 aliphatic carbocycles. The maximum Gasteiger partial charge on any atom is 0.110 e. The Balaban J connectivity index is 2.07. The SMILES string of the molecule is C/N=C\c1ccc(N=O)cc1NC1CCN(C(C)C)CC1. The summed E-state index contributed by atoms with van der Waals surface area (Å²) in [7, 11) is 1.75. The predicted octanol–water partition coefficient (Wildman–Crippen LogP) is 3.42. The van der Waals surface area contributed by atoms with Gasteiger partial charge < -0.3 is 10.2 Å². The van der Waals surface area contributed by atoms with Crippen molar-refractivity contribution in [2.24, 2.45) is 10.2 Å². The van der Waals surface area contributed by atoms with E-state index in [4.69, 9.17) is 0 Å². The van der Waals surface area contributed by atoms with E-state index in [1.165, 1.54) is 0 Å². The van der Waals surface area contributed by atoms with Crippen LogP contribution in [-0.2, 0) is 0 Å². The Morgan fingerprint density at radius 3 is 2.62 bits per heavy atom. The number of piperidine rings is 1. The molecule has 5 nitrogen and oxygen atoms in total. The second-order valence-electron chi connectivity index (χ2n) is 5.80. The lowest BCUT2D eigenvalue weighted by Crippen LogP contribution is -2.42. The van der Waals surface area contributed by atoms with Crippen LogP contribution in [0.15, 0.2) is 28.4 Å². The molecular formula is C16H24N4O. The Bertz CT molecular complexity index is 505. The summed E-state index contributed by atoms with van der Waals surface area (Å²) >= 11 is 0. The first-order valence-electron chi connectivity index (χ1n) is 7.54. The average Bonchev–Trinajstić information content (AvgIpc) is 2.49. The third kappa shape index (κ3) is 4.11. The van der Waals surface area contributed by atoms with Gasteiger partial charge in [-0.3, -0.25) is 4.99 Å². The molecule has 0 amide bonds. The van der Waals surface area contributed by atoms with Gasteiger partial charge in [-0.2, -0.15) is 0 Å². The van der Waals surface area contributed by atoms with Crippen molar-refractivity contribution in [3.8, 4) is 0 Å². The summed E-state index contributed by atoms with van der Waals surface area (Å²) in [6.07, 6.45) is 4.03. The fourth-order valence-corrected chi connectivity index (χ4v) is 2.76. The molecule has 5 heteroatoms. The number of rotatable bonds is 5. The zero-order valence-electron chi connectivity index (χ0n) is 13.0. The van der Waals surface area contributed by atoms with Crippen LogP contribution in [0.25, 0.3) is 0 Å². The van der Waals surface area contributed by atoms with Crippen LogP contribution in [0.4, 0.5) is 11.4 Å². The van der Waals surface area contributed by atoms with Crippen LogP contribution in [0.1, 0.15) is 32.3 Å². The van der Waals surface area contributed by atoms with Gasteiger partial charge in [0.05, 0.1) is 0 Å². The van der Waals surface area contributed by atoms with Gasteiger partial charge in [0.25, 0.3) is 0 Å². The molecule has 1 aliphatic rings. The van der Waals surface area contributed by atoms with E-state index in [1.807, 2.05) is 6.07 Å². The third-order valence-electron chi connectivity index (χ3n) is 4.03. The Morgan fingerprint density at radius 2 is 2.05 bits per heavy atom. The average molecular weight is 288 g/mol. The summed E-state index contributed by atoms with van der Waals surface area (Å²) in [6.45, 7) is 6.70. The summed E-state index contributed by atoms with van der Waals surface area (Å²) in [5.74, 6) is 0. The number of aliphatic imine (C=N–C) groups is 1. The first-order valence-corrected chi connectivity index (χ1v) is 7.54. The fraction of sp³-hybridized carbons (Fsp3) is 0.562. The molecular weight excluding hydrogens is 264 g/mol. The highest BCUT2D eigenvalue weighted by molar-refractivity contribution is 5.88. The van der Waals surface area contributed by atoms with Gasteiger partial charge in [-0.25, -0.2) is 0 Å². The zero-order chi connectivity index (χ0) is 15.2. The molecule has 0 radical (unpaired) electrons. The minimum atomic E-state index is 0.436. The van der Waals surface area contributed by atoms with Gasteiger partial charge in [-0.05, 0) is 50.1 Å². The number of anilines is 1. The van der Waals surface area contributed by atoms with Crippen molar-refractivity contribution in [3.63, 3.8) is 0 Å². The van der Waals surface area contributed by atoms with Crippen LogP contribution in [0, 0.1) is 4.91 Å². The number of nitrogens with zero attached hydrogens (tertiary/aromatic N) is 3. The van der Waals surface area contributed by atoms with E-state index in [-0.39, 0.29) is 0 Å². The van der Waals surface area contributed by atoms with Crippen molar-refractivity contribution < 1.29 is 0 Å². The lowest BCUT2D eigenvalue weighted by molar-refractivity contribution is 0.177. The Labute approximate surface area is 126 Å². The first kappa shape index (κ1) is 15.6. The van der Waals surface area contributed by atoms with Gasteiger partial charge in [-0.1, -0.05) is 0 Å². The highest BCUT2D eigenvalue weighted by atomic mass is 16.3. The predicted molar refractivity (Wildman–Crippen MR) is 88.8 cm³/mol. The van der Waals surface area contributed by atoms with E-state index >= 15 is 0 Å². The van der Waals surface area contributed by atoms with Gasteiger partial charge in [0, 0.05) is 49.7 Å². The van der Waals surface area contributed by atoms with Crippen molar-refractivity contribution >= 4 is 17.6 Å². The van der Waals surface area contributed by atoms with E-state index in [1.54, 1.807) is 25.4 Å². The molecule has 1 heterocycles. The molecule has 0 spiro atoms. The summed E-state index contributed by atoms with van der Waals surface area (Å²) in [6, 6.07) is 6.45. The summed E-state index contributed by atoms with van der Waals surface area (Å²) in [4.78, 5) is 17.3. The molecule has 2 rings (SSSR count). The molecule has 114 valence electrons. The standard InChI is InChI=1S/C16H24N4O/c1-12(2)20-8-6-14(7-9-20)18-16-10-15(19-21)5-4-13(16)11-17-3/h4-5,10-12,14,18H,6-9H2,1-3H3/b17-11-. The van der Waals surface area contributed by atoms with Crippen LogP contribution >= 0.6 is 0 Å². The van der Waals surface area contributed by atoms with E-state index in [2.05, 4.69) is 34.2 Å². The van der Waals surface area contributed by atoms with Gasteiger partial charge in [0.1, 0.15) is 5.69 Å². The maximum atomic E-state index is 10.7. The van der Waals surface area contributed by atoms with Crippen molar-refractivity contribution in [1.82, 2.24) is 4.90 Å². The number of likely N-dealkylation sites (tertiary alicyclic amines) is 1. The molecule has 1 fully saturated rings. The molecule has 0 unspecified atom stereocenters. The van der Waals surface area contributed by atoms with E-state index in [9.17, 15) is 4.91 Å². The number of hydrogen-bond donors (Lipinski definition) is 1. The fourth-order valence-electron chi connectivity index (χ4n) is 2.76. The lowest BCUT2D eigenvalue weighted by atomic mass is 10.0. The Kier molecular flexibility index (Phi) is 5.44. The smallest absolute Gasteiger partial charge is 0.110 e. The van der Waals surface area contributed by atoms with Gasteiger partial charge in [-0.15, -0.1) is 4.91 Å². The molecule has 0 aromatic heterocycles. The van der Waals surface area contributed by atoms with Crippen molar-refractivity contribution in [3.05, 3.63) is 28.7 Å². The molecule has 0 bridgehead atoms. The van der Waals surface area contributed by atoms with Crippen molar-refractivity contribution in [2.45, 2.75) is 38.8 Å². The number of nitroso groups, excluding NO2 is 1. The topological polar surface area (TPSA) is 57.1 Å². The highest BCUT2D eigenvalue weighted by Gasteiger charge is 2.21. The van der Waals surface area contributed by atoms with Crippen molar-refractivity contribution in [2.75, 3.05) is 25.5 Å². The van der Waals surface area contributed by atoms with E-state index in [0.717, 1.165) is 37.2 Å². The number of benzene rings is 1. The summed E-state index contributed by atoms with van der Waals surface area (Å²) in [5.41, 5.74) is 2.39. The Hall–Kier alpha value is -1.75. The molecule has 0 atom stereocenters. The second-order valence-corrected chi connectivity index (χ2v) is 5.80. The highest BCUT2D eigenvalue weighted by Crippen LogP contribution is 2.25. The van der Waals surface area contributed by atoms with Gasteiger partial charge in [0.15, 0.2) is 0 Å². The minimum Gasteiger partial charge on any atom is -0.382 e. The summed E-state index contributed by atoms with van der Waals surface area (Å²) in [5, 5.41) is 6.57. The van der Waals surface area contributed by atoms with Crippen LogP contribution < -0.4 is 5.32 Å². The number of nitrogens with one attached hydrogen (secondary N) is 1. The monoisotopic (exact) mass is 288 g/mol. The minimum absolute atomic E-state index is 0.436. The molecule has 0 saturated carbocycles. The van der Waals surface area contributed by atoms with Crippen molar-refractivity contribution in [1.29, 1.82) is 0 Å². The molecule has 1 aromatic carbocycles. The van der Waals surface area contributed by atoms with Crippen LogP contribution in [0.5, 0.6) is 0 Å². The molecule has 1 aromatic rings. The molecule has 1 saturated heterocycles. The van der Waals surface area contributed by atoms with E-state index < -0.39 is 0 Å². The molecule has 21 heavy (non-hydrogen) atoms. The third-order valence-corrected chi connectivity index (χ3v) is 4.03. The quantitative estimate of drug-likeness (QED) is 0.667. The van der Waals surface area contributed by atoms with Crippen LogP contribution in [0.3, 0.4) is 0 Å². The summed E-state index contributed by atoms with van der Waals surface area (Å²) < 4.78 is 0. The molecule has 1 aliphatic heterocycles. The lowest BCUT2D eigenvalue weighted by Gasteiger charge is -2.35. The van der Waals surface area contributed by atoms with Gasteiger partial charge >= 0.3 is 0 Å². The second kappa shape index (κ2) is 7.31. The maximum absolute atomic E-state index is 10.7. The van der Waals surface area contributed by atoms with Gasteiger partial charge in [0.2, 0.25) is 0 Å². The van der Waals surface area contributed by atoms with Crippen LogP contribution in [-0.4, -0.2) is 43.3 Å². The largest absolute Gasteiger partial charge is 0.382 e. The zero-order valence-corrected chi connectivity index (χ0v) is 13.0. The normalized spacial score (nSPS) is 17.5. The molecule has 1 N–H and O–H groups in total.